The van der Waals surface area contributed by atoms with Crippen LogP contribution in [0.5, 0.6) is 0 Å². The van der Waals surface area contributed by atoms with Crippen LogP contribution in [0.1, 0.15) is 18.9 Å². The third-order valence-electron chi connectivity index (χ3n) is 3.25. The summed E-state index contributed by atoms with van der Waals surface area (Å²) < 4.78 is 24.1. The van der Waals surface area contributed by atoms with Crippen molar-refractivity contribution in [1.82, 2.24) is 5.32 Å². The van der Waals surface area contributed by atoms with Crippen molar-refractivity contribution in [3.63, 3.8) is 0 Å². The van der Waals surface area contributed by atoms with E-state index in [1.54, 1.807) is 13.2 Å². The summed E-state index contributed by atoms with van der Waals surface area (Å²) >= 11 is 0. The Kier molecular flexibility index (Phi) is 9.20. The molecule has 1 rings (SSSR count). The van der Waals surface area contributed by atoms with Gasteiger partial charge in [0.25, 0.3) is 0 Å². The van der Waals surface area contributed by atoms with Gasteiger partial charge in [-0.3, -0.25) is 0 Å². The number of benzene rings is 1. The van der Waals surface area contributed by atoms with Crippen LogP contribution in [0.2, 0.25) is 0 Å². The molecule has 1 aromatic rings. The number of halogens is 1. The summed E-state index contributed by atoms with van der Waals surface area (Å²) in [6.07, 6.45) is 1.67. The van der Waals surface area contributed by atoms with Crippen molar-refractivity contribution >= 4 is 0 Å². The van der Waals surface area contributed by atoms with Crippen molar-refractivity contribution in [2.75, 3.05) is 40.0 Å². The summed E-state index contributed by atoms with van der Waals surface area (Å²) in [5.74, 6) is 0.267. The van der Waals surface area contributed by atoms with Gasteiger partial charge in [0.15, 0.2) is 0 Å². The Morgan fingerprint density at radius 3 is 2.70 bits per heavy atom. The predicted molar refractivity (Wildman–Crippen MR) is 79.4 cm³/mol. The van der Waals surface area contributed by atoms with Gasteiger partial charge >= 0.3 is 0 Å². The highest BCUT2D eigenvalue weighted by atomic mass is 19.1. The maximum absolute atomic E-state index is 13.7. The first-order valence-electron chi connectivity index (χ1n) is 7.28. The SMILES string of the molecule is CCNCC(CCOCCOC)Cc1ccccc1F. The second kappa shape index (κ2) is 10.8. The van der Waals surface area contributed by atoms with Gasteiger partial charge in [-0.1, -0.05) is 25.1 Å². The molecule has 0 radical (unpaired) electrons. The second-order valence-corrected chi connectivity index (χ2v) is 4.86. The minimum atomic E-state index is -0.116. The van der Waals surface area contributed by atoms with Crippen LogP contribution in [0.3, 0.4) is 0 Å². The molecule has 0 aliphatic heterocycles. The molecule has 4 heteroatoms. The lowest BCUT2D eigenvalue weighted by atomic mass is 9.96. The van der Waals surface area contributed by atoms with Crippen LogP contribution in [0.4, 0.5) is 4.39 Å². The largest absolute Gasteiger partial charge is 0.382 e. The lowest BCUT2D eigenvalue weighted by molar-refractivity contribution is 0.0636. The van der Waals surface area contributed by atoms with Crippen LogP contribution in [0.25, 0.3) is 0 Å². The molecule has 0 saturated heterocycles. The number of ether oxygens (including phenoxy) is 2. The number of hydrogen-bond acceptors (Lipinski definition) is 3. The fraction of sp³-hybridized carbons (Fsp3) is 0.625. The Bertz CT molecular complexity index is 360. The van der Waals surface area contributed by atoms with E-state index in [0.29, 0.717) is 25.7 Å². The standard InChI is InChI=1S/C16H26FNO2/c1-3-18-13-14(8-9-20-11-10-19-2)12-15-6-4-5-7-16(15)17/h4-7,14,18H,3,8-13H2,1-2H3. The molecule has 0 spiro atoms. The van der Waals surface area contributed by atoms with Crippen molar-refractivity contribution in [3.8, 4) is 0 Å². The van der Waals surface area contributed by atoms with Crippen molar-refractivity contribution in [1.29, 1.82) is 0 Å². The number of hydrogen-bond donors (Lipinski definition) is 1. The van der Waals surface area contributed by atoms with Crippen LogP contribution in [-0.2, 0) is 15.9 Å². The Balaban J connectivity index is 2.41. The maximum Gasteiger partial charge on any atom is 0.126 e. The van der Waals surface area contributed by atoms with Gasteiger partial charge in [0, 0.05) is 13.7 Å². The third kappa shape index (κ3) is 6.98. The van der Waals surface area contributed by atoms with Crippen molar-refractivity contribution in [2.24, 2.45) is 5.92 Å². The molecule has 114 valence electrons. The van der Waals surface area contributed by atoms with Crippen LogP contribution < -0.4 is 5.32 Å². The molecular formula is C16H26FNO2. The number of nitrogens with one attached hydrogen (secondary N) is 1. The normalized spacial score (nSPS) is 12.6. The minimum absolute atomic E-state index is 0.116. The summed E-state index contributed by atoms with van der Waals surface area (Å²) in [7, 11) is 1.66. The molecule has 20 heavy (non-hydrogen) atoms. The molecule has 3 nitrogen and oxygen atoms in total. The number of methoxy groups -OCH3 is 1. The number of rotatable bonds is 11. The van der Waals surface area contributed by atoms with E-state index in [0.717, 1.165) is 31.5 Å². The minimum Gasteiger partial charge on any atom is -0.382 e. The average Bonchev–Trinajstić information content (AvgIpc) is 2.46. The van der Waals surface area contributed by atoms with Crippen molar-refractivity contribution < 1.29 is 13.9 Å². The Hall–Kier alpha value is -0.970. The monoisotopic (exact) mass is 283 g/mol. The van der Waals surface area contributed by atoms with Gasteiger partial charge in [0.2, 0.25) is 0 Å². The molecular weight excluding hydrogens is 257 g/mol. The molecule has 0 aromatic heterocycles. The zero-order chi connectivity index (χ0) is 14.6. The smallest absolute Gasteiger partial charge is 0.126 e. The highest BCUT2D eigenvalue weighted by molar-refractivity contribution is 5.17. The van der Waals surface area contributed by atoms with E-state index >= 15 is 0 Å². The van der Waals surface area contributed by atoms with E-state index in [2.05, 4.69) is 12.2 Å². The summed E-state index contributed by atoms with van der Waals surface area (Å²) in [5, 5.41) is 3.34. The Morgan fingerprint density at radius 2 is 2.00 bits per heavy atom. The molecule has 1 unspecified atom stereocenters. The topological polar surface area (TPSA) is 30.5 Å². The molecule has 0 amide bonds. The lowest BCUT2D eigenvalue weighted by Gasteiger charge is -2.18. The summed E-state index contributed by atoms with van der Waals surface area (Å²) in [6, 6.07) is 7.00. The van der Waals surface area contributed by atoms with E-state index in [-0.39, 0.29) is 5.82 Å². The molecule has 1 atom stereocenters. The van der Waals surface area contributed by atoms with Crippen LogP contribution in [-0.4, -0.2) is 40.0 Å². The molecule has 1 N–H and O–H groups in total. The van der Waals surface area contributed by atoms with Crippen LogP contribution in [0.15, 0.2) is 24.3 Å². The van der Waals surface area contributed by atoms with Gasteiger partial charge in [-0.05, 0) is 43.5 Å². The van der Waals surface area contributed by atoms with Gasteiger partial charge in [-0.15, -0.1) is 0 Å². The summed E-state index contributed by atoms with van der Waals surface area (Å²) in [4.78, 5) is 0. The first-order valence-corrected chi connectivity index (χ1v) is 7.28. The first kappa shape index (κ1) is 17.1. The van der Waals surface area contributed by atoms with E-state index in [9.17, 15) is 4.39 Å². The van der Waals surface area contributed by atoms with Crippen LogP contribution in [0, 0.1) is 11.7 Å². The summed E-state index contributed by atoms with van der Waals surface area (Å²) in [6.45, 7) is 5.81. The molecule has 0 aliphatic carbocycles. The summed E-state index contributed by atoms with van der Waals surface area (Å²) in [5.41, 5.74) is 0.785. The molecule has 0 heterocycles. The first-order chi connectivity index (χ1) is 9.77. The predicted octanol–water partition coefficient (Wildman–Crippen LogP) is 2.65. The van der Waals surface area contributed by atoms with Gasteiger partial charge in [0.05, 0.1) is 13.2 Å². The fourth-order valence-electron chi connectivity index (χ4n) is 2.09. The van der Waals surface area contributed by atoms with Gasteiger partial charge in [-0.2, -0.15) is 0 Å². The lowest BCUT2D eigenvalue weighted by Crippen LogP contribution is -2.25. The molecule has 0 aliphatic rings. The third-order valence-corrected chi connectivity index (χ3v) is 3.25. The van der Waals surface area contributed by atoms with Crippen molar-refractivity contribution in [3.05, 3.63) is 35.6 Å². The maximum atomic E-state index is 13.7. The van der Waals surface area contributed by atoms with Crippen LogP contribution >= 0.6 is 0 Å². The zero-order valence-electron chi connectivity index (χ0n) is 12.5. The van der Waals surface area contributed by atoms with Gasteiger partial charge < -0.3 is 14.8 Å². The average molecular weight is 283 g/mol. The second-order valence-electron chi connectivity index (χ2n) is 4.86. The molecule has 0 bridgehead atoms. The van der Waals surface area contributed by atoms with Gasteiger partial charge in [-0.25, -0.2) is 4.39 Å². The van der Waals surface area contributed by atoms with Crippen molar-refractivity contribution in [2.45, 2.75) is 19.8 Å². The van der Waals surface area contributed by atoms with E-state index in [4.69, 9.17) is 9.47 Å². The molecule has 0 fully saturated rings. The van der Waals surface area contributed by atoms with E-state index in [1.807, 2.05) is 12.1 Å². The van der Waals surface area contributed by atoms with E-state index < -0.39 is 0 Å². The Morgan fingerprint density at radius 1 is 1.20 bits per heavy atom. The zero-order valence-corrected chi connectivity index (χ0v) is 12.5. The highest BCUT2D eigenvalue weighted by Crippen LogP contribution is 2.15. The fourth-order valence-corrected chi connectivity index (χ4v) is 2.09. The molecule has 0 saturated carbocycles. The highest BCUT2D eigenvalue weighted by Gasteiger charge is 2.12. The Labute approximate surface area is 121 Å². The van der Waals surface area contributed by atoms with E-state index in [1.165, 1.54) is 6.07 Å². The quantitative estimate of drug-likeness (QED) is 0.633. The van der Waals surface area contributed by atoms with Gasteiger partial charge in [0.1, 0.15) is 5.82 Å². The molecule has 1 aromatic carbocycles.